The summed E-state index contributed by atoms with van der Waals surface area (Å²) in [6.07, 6.45) is 0.451. The molecule has 1 unspecified atom stereocenters. The molecule has 1 aromatic rings. The van der Waals surface area contributed by atoms with Gasteiger partial charge < -0.3 is 9.84 Å². The van der Waals surface area contributed by atoms with Gasteiger partial charge >= 0.3 is 0 Å². The zero-order valence-corrected chi connectivity index (χ0v) is 12.3. The van der Waals surface area contributed by atoms with E-state index >= 15 is 0 Å². The summed E-state index contributed by atoms with van der Waals surface area (Å²) in [5, 5.41) is 11.8. The molecule has 0 bridgehead atoms. The van der Waals surface area contributed by atoms with Crippen LogP contribution in [0.5, 0.6) is 0 Å². The molecule has 1 fully saturated rings. The molecule has 0 amide bonds. The van der Waals surface area contributed by atoms with Crippen LogP contribution in [0.15, 0.2) is 29.2 Å². The SMILES string of the molecule is CC1(c2cccs2)OC(N2CCCS2(=O)=O)=C(O)C1=O. The van der Waals surface area contributed by atoms with Gasteiger partial charge in [0.05, 0.1) is 10.6 Å². The van der Waals surface area contributed by atoms with Crippen molar-refractivity contribution in [3.63, 3.8) is 0 Å². The molecule has 0 radical (unpaired) electrons. The molecule has 8 heteroatoms. The average Bonchev–Trinajstić information content (AvgIpc) is 3.07. The Morgan fingerprint density at radius 1 is 1.50 bits per heavy atom. The monoisotopic (exact) mass is 315 g/mol. The van der Waals surface area contributed by atoms with Crippen LogP contribution in [0, 0.1) is 0 Å². The van der Waals surface area contributed by atoms with Gasteiger partial charge in [-0.3, -0.25) is 4.79 Å². The van der Waals surface area contributed by atoms with Gasteiger partial charge in [0.15, 0.2) is 0 Å². The third-order valence-electron chi connectivity index (χ3n) is 3.47. The van der Waals surface area contributed by atoms with E-state index in [1.54, 1.807) is 17.5 Å². The number of nitrogens with zero attached hydrogens (tertiary/aromatic N) is 1. The normalized spacial score (nSPS) is 29.1. The quantitative estimate of drug-likeness (QED) is 0.890. The Hall–Kier alpha value is -1.54. The molecule has 1 aromatic heterocycles. The molecule has 1 saturated heterocycles. The van der Waals surface area contributed by atoms with E-state index < -0.39 is 27.2 Å². The van der Waals surface area contributed by atoms with E-state index in [2.05, 4.69) is 0 Å². The van der Waals surface area contributed by atoms with Crippen LogP contribution in [0.3, 0.4) is 0 Å². The Morgan fingerprint density at radius 2 is 2.25 bits per heavy atom. The minimum absolute atomic E-state index is 0.00293. The lowest BCUT2D eigenvalue weighted by Gasteiger charge is -2.24. The second-order valence-corrected chi connectivity index (χ2v) is 7.80. The first kappa shape index (κ1) is 13.4. The number of aliphatic hydroxyl groups is 1. The van der Waals surface area contributed by atoms with Crippen molar-refractivity contribution in [2.24, 2.45) is 0 Å². The summed E-state index contributed by atoms with van der Waals surface area (Å²) in [6.45, 7) is 1.75. The first-order valence-corrected chi connectivity index (χ1v) is 8.56. The van der Waals surface area contributed by atoms with Crippen molar-refractivity contribution in [1.82, 2.24) is 4.31 Å². The van der Waals surface area contributed by atoms with Gasteiger partial charge in [-0.2, -0.15) is 0 Å². The number of sulfonamides is 1. The van der Waals surface area contributed by atoms with Crippen LogP contribution in [0.25, 0.3) is 0 Å². The summed E-state index contributed by atoms with van der Waals surface area (Å²) < 4.78 is 30.3. The molecular formula is C12H13NO5S2. The zero-order chi connectivity index (χ0) is 14.5. The van der Waals surface area contributed by atoms with Crippen LogP contribution in [-0.4, -0.2) is 35.9 Å². The highest BCUT2D eigenvalue weighted by Gasteiger charge is 2.52. The van der Waals surface area contributed by atoms with Crippen molar-refractivity contribution in [3.05, 3.63) is 34.0 Å². The topological polar surface area (TPSA) is 83.9 Å². The summed E-state index contributed by atoms with van der Waals surface area (Å²) in [5.41, 5.74) is -1.36. The Bertz CT molecular complexity index is 691. The molecule has 2 aliphatic rings. The van der Waals surface area contributed by atoms with Gasteiger partial charge in [0.1, 0.15) is 0 Å². The standard InChI is InChI=1S/C12H13NO5S2/c1-12(8-4-2-6-19-8)10(15)9(14)11(18-12)13-5-3-7-20(13,16)17/h2,4,6,14H,3,5,7H2,1H3. The van der Waals surface area contributed by atoms with E-state index in [9.17, 15) is 18.3 Å². The van der Waals surface area contributed by atoms with Crippen LogP contribution in [-0.2, 0) is 25.2 Å². The van der Waals surface area contributed by atoms with E-state index in [1.165, 1.54) is 18.3 Å². The summed E-state index contributed by atoms with van der Waals surface area (Å²) in [4.78, 5) is 12.9. The highest BCUT2D eigenvalue weighted by atomic mass is 32.2. The fourth-order valence-electron chi connectivity index (χ4n) is 2.36. The van der Waals surface area contributed by atoms with Gasteiger partial charge in [-0.15, -0.1) is 11.3 Å². The van der Waals surface area contributed by atoms with Gasteiger partial charge in [-0.05, 0) is 24.8 Å². The number of hydrogen-bond donors (Lipinski definition) is 1. The van der Waals surface area contributed by atoms with Crippen LogP contribution in [0.2, 0.25) is 0 Å². The fraction of sp³-hybridized carbons (Fsp3) is 0.417. The summed E-state index contributed by atoms with van der Waals surface area (Å²) >= 11 is 1.32. The maximum Gasteiger partial charge on any atom is 0.252 e. The predicted molar refractivity (Wildman–Crippen MR) is 72.5 cm³/mol. The largest absolute Gasteiger partial charge is 0.501 e. The van der Waals surface area contributed by atoms with E-state index in [4.69, 9.17) is 4.74 Å². The van der Waals surface area contributed by atoms with Gasteiger partial charge in [-0.25, -0.2) is 12.7 Å². The molecule has 3 rings (SSSR count). The fourth-order valence-corrected chi connectivity index (χ4v) is 4.68. The lowest BCUT2D eigenvalue weighted by atomic mass is 9.99. The van der Waals surface area contributed by atoms with Crippen molar-refractivity contribution in [2.75, 3.05) is 12.3 Å². The van der Waals surface area contributed by atoms with E-state index in [0.717, 1.165) is 4.31 Å². The lowest BCUT2D eigenvalue weighted by Crippen LogP contribution is -2.32. The van der Waals surface area contributed by atoms with Crippen molar-refractivity contribution < 1.29 is 23.1 Å². The summed E-state index contributed by atoms with van der Waals surface area (Å²) in [7, 11) is -3.50. The Labute approximate surface area is 120 Å². The second kappa shape index (κ2) is 4.23. The minimum atomic E-state index is -3.50. The number of rotatable bonds is 2. The molecule has 2 aliphatic heterocycles. The van der Waals surface area contributed by atoms with Crippen molar-refractivity contribution >= 4 is 27.1 Å². The van der Waals surface area contributed by atoms with Gasteiger partial charge in [-0.1, -0.05) is 6.07 Å². The molecule has 108 valence electrons. The van der Waals surface area contributed by atoms with Crippen LogP contribution in [0.4, 0.5) is 0 Å². The van der Waals surface area contributed by atoms with Crippen molar-refractivity contribution in [2.45, 2.75) is 18.9 Å². The maximum absolute atomic E-state index is 12.3. The zero-order valence-electron chi connectivity index (χ0n) is 10.7. The molecule has 6 nitrogen and oxygen atoms in total. The first-order valence-electron chi connectivity index (χ1n) is 6.08. The number of ketones is 1. The van der Waals surface area contributed by atoms with Crippen LogP contribution in [0.1, 0.15) is 18.2 Å². The van der Waals surface area contributed by atoms with E-state index in [-0.39, 0.29) is 18.2 Å². The number of thiophene rings is 1. The van der Waals surface area contributed by atoms with E-state index in [1.807, 2.05) is 0 Å². The second-order valence-electron chi connectivity index (χ2n) is 4.84. The van der Waals surface area contributed by atoms with Crippen LogP contribution >= 0.6 is 11.3 Å². The molecule has 20 heavy (non-hydrogen) atoms. The number of aliphatic hydroxyl groups excluding tert-OH is 1. The molecule has 1 N–H and O–H groups in total. The molecule has 0 saturated carbocycles. The number of hydrogen-bond acceptors (Lipinski definition) is 6. The van der Waals surface area contributed by atoms with Crippen molar-refractivity contribution in [3.8, 4) is 0 Å². The number of Topliss-reactive ketones (excluding diaryl/α,β-unsaturated/α-hetero) is 1. The molecular weight excluding hydrogens is 302 g/mol. The summed E-state index contributed by atoms with van der Waals surface area (Å²) in [5.74, 6) is -1.48. The third-order valence-corrected chi connectivity index (χ3v) is 6.37. The molecule has 0 aromatic carbocycles. The number of ether oxygens (including phenoxy) is 1. The average molecular weight is 315 g/mol. The van der Waals surface area contributed by atoms with E-state index in [0.29, 0.717) is 11.3 Å². The van der Waals surface area contributed by atoms with Crippen molar-refractivity contribution in [1.29, 1.82) is 0 Å². The molecule has 0 spiro atoms. The maximum atomic E-state index is 12.3. The van der Waals surface area contributed by atoms with Gasteiger partial charge in [0.2, 0.25) is 21.4 Å². The minimum Gasteiger partial charge on any atom is -0.501 e. The highest BCUT2D eigenvalue weighted by molar-refractivity contribution is 7.89. The van der Waals surface area contributed by atoms with Crippen LogP contribution < -0.4 is 0 Å². The van der Waals surface area contributed by atoms with Gasteiger partial charge in [0, 0.05) is 6.54 Å². The molecule has 0 aliphatic carbocycles. The first-order chi connectivity index (χ1) is 9.36. The Balaban J connectivity index is 2.01. The third kappa shape index (κ3) is 1.75. The smallest absolute Gasteiger partial charge is 0.252 e. The number of carbonyl (C=O) groups is 1. The molecule has 3 heterocycles. The highest BCUT2D eigenvalue weighted by Crippen LogP contribution is 2.42. The Kier molecular flexibility index (Phi) is 2.84. The lowest BCUT2D eigenvalue weighted by molar-refractivity contribution is -0.132. The van der Waals surface area contributed by atoms with Gasteiger partial charge in [0.25, 0.3) is 11.7 Å². The summed E-state index contributed by atoms with van der Waals surface area (Å²) in [6, 6.07) is 3.49. The Morgan fingerprint density at radius 3 is 2.80 bits per heavy atom. The molecule has 1 atom stereocenters. The predicted octanol–water partition coefficient (Wildman–Crippen LogP) is 1.33. The number of carbonyl (C=O) groups excluding carboxylic acids is 1.